The number of hydrogen-bond acceptors (Lipinski definition) is 2. The molecule has 1 N–H and O–H groups in total. The molecule has 0 spiro atoms. The fourth-order valence-electron chi connectivity index (χ4n) is 2.83. The van der Waals surface area contributed by atoms with Crippen LogP contribution in [-0.2, 0) is 0 Å². The minimum atomic E-state index is -1.28. The van der Waals surface area contributed by atoms with E-state index in [9.17, 15) is 23.1 Å². The molecule has 0 aliphatic carbocycles. The Morgan fingerprint density at radius 1 is 1.12 bits per heavy atom. The Morgan fingerprint density at radius 3 is 2.46 bits per heavy atom. The average Bonchev–Trinajstić information content (AvgIpc) is 2.90. The topological polar surface area (TPSA) is 37.3 Å². The van der Waals surface area contributed by atoms with Gasteiger partial charge in [0, 0.05) is 21.9 Å². The van der Waals surface area contributed by atoms with E-state index in [4.69, 9.17) is 0 Å². The molecule has 0 saturated heterocycles. The lowest BCUT2D eigenvalue weighted by Gasteiger charge is -2.08. The SMILES string of the molecule is CC(C)c1c(C(=O)O)sc2c(-c3cc(F)cc(F)c3F)cccc12. The van der Waals surface area contributed by atoms with Crippen LogP contribution in [0.2, 0.25) is 0 Å². The minimum Gasteiger partial charge on any atom is -0.477 e. The molecule has 124 valence electrons. The molecule has 6 heteroatoms. The second-order valence-electron chi connectivity index (χ2n) is 5.74. The van der Waals surface area contributed by atoms with Gasteiger partial charge in [0.2, 0.25) is 0 Å². The highest BCUT2D eigenvalue weighted by atomic mass is 32.1. The molecule has 3 rings (SSSR count). The number of rotatable bonds is 3. The summed E-state index contributed by atoms with van der Waals surface area (Å²) in [6.07, 6.45) is 0. The maximum Gasteiger partial charge on any atom is 0.346 e. The van der Waals surface area contributed by atoms with Gasteiger partial charge in [-0.05, 0) is 22.9 Å². The van der Waals surface area contributed by atoms with E-state index in [-0.39, 0.29) is 21.9 Å². The van der Waals surface area contributed by atoms with E-state index in [0.29, 0.717) is 21.7 Å². The molecule has 0 unspecified atom stereocenters. The molecule has 0 amide bonds. The molecule has 0 radical (unpaired) electrons. The molecule has 0 atom stereocenters. The lowest BCUT2D eigenvalue weighted by Crippen LogP contribution is -1.99. The van der Waals surface area contributed by atoms with Gasteiger partial charge in [-0.1, -0.05) is 32.0 Å². The van der Waals surface area contributed by atoms with Crippen molar-refractivity contribution < 1.29 is 23.1 Å². The molecule has 3 aromatic rings. The van der Waals surface area contributed by atoms with Gasteiger partial charge in [0.25, 0.3) is 0 Å². The first-order valence-electron chi connectivity index (χ1n) is 7.25. The minimum absolute atomic E-state index is 0.0609. The first-order valence-corrected chi connectivity index (χ1v) is 8.06. The fourth-order valence-corrected chi connectivity index (χ4v) is 4.16. The quantitative estimate of drug-likeness (QED) is 0.606. The van der Waals surface area contributed by atoms with Gasteiger partial charge in [0.05, 0.1) is 0 Å². The van der Waals surface area contributed by atoms with Gasteiger partial charge >= 0.3 is 5.97 Å². The van der Waals surface area contributed by atoms with E-state index in [1.165, 1.54) is 6.07 Å². The molecule has 0 fully saturated rings. The molecule has 1 heterocycles. The van der Waals surface area contributed by atoms with Gasteiger partial charge in [-0.25, -0.2) is 18.0 Å². The smallest absolute Gasteiger partial charge is 0.346 e. The average molecular weight is 350 g/mol. The van der Waals surface area contributed by atoms with Crippen molar-refractivity contribution in [2.75, 3.05) is 0 Å². The predicted octanol–water partition coefficient (Wildman–Crippen LogP) is 5.81. The van der Waals surface area contributed by atoms with E-state index in [1.807, 2.05) is 13.8 Å². The number of halogens is 3. The summed E-state index contributed by atoms with van der Waals surface area (Å²) in [5, 5.41) is 10.1. The zero-order chi connectivity index (χ0) is 17.6. The fraction of sp³-hybridized carbons (Fsp3) is 0.167. The summed E-state index contributed by atoms with van der Waals surface area (Å²) >= 11 is 0.991. The van der Waals surface area contributed by atoms with Crippen LogP contribution in [0.5, 0.6) is 0 Å². The van der Waals surface area contributed by atoms with E-state index < -0.39 is 23.4 Å². The molecule has 0 aliphatic heterocycles. The lowest BCUT2D eigenvalue weighted by atomic mass is 9.96. The van der Waals surface area contributed by atoms with Crippen LogP contribution in [0.25, 0.3) is 21.2 Å². The van der Waals surface area contributed by atoms with Crippen LogP contribution >= 0.6 is 11.3 Å². The van der Waals surface area contributed by atoms with Gasteiger partial charge < -0.3 is 5.11 Å². The van der Waals surface area contributed by atoms with E-state index in [2.05, 4.69) is 0 Å². The van der Waals surface area contributed by atoms with E-state index in [0.717, 1.165) is 17.4 Å². The van der Waals surface area contributed by atoms with Crippen LogP contribution in [0.3, 0.4) is 0 Å². The Labute approximate surface area is 140 Å². The summed E-state index contributed by atoms with van der Waals surface area (Å²) in [4.78, 5) is 11.7. The summed E-state index contributed by atoms with van der Waals surface area (Å²) in [6.45, 7) is 3.73. The number of benzene rings is 2. The summed E-state index contributed by atoms with van der Waals surface area (Å²) in [6, 6.07) is 6.30. The van der Waals surface area contributed by atoms with Crippen molar-refractivity contribution >= 4 is 27.4 Å². The van der Waals surface area contributed by atoms with Crippen LogP contribution < -0.4 is 0 Å². The Bertz CT molecular complexity index is 961. The number of carbonyl (C=O) groups is 1. The Hall–Kier alpha value is -2.34. The molecular weight excluding hydrogens is 337 g/mol. The van der Waals surface area contributed by atoms with Crippen LogP contribution in [0.15, 0.2) is 30.3 Å². The molecule has 0 saturated carbocycles. The molecule has 1 aromatic heterocycles. The van der Waals surface area contributed by atoms with Crippen LogP contribution in [-0.4, -0.2) is 11.1 Å². The van der Waals surface area contributed by atoms with Crippen molar-refractivity contribution in [2.24, 2.45) is 0 Å². The van der Waals surface area contributed by atoms with Gasteiger partial charge in [-0.2, -0.15) is 0 Å². The van der Waals surface area contributed by atoms with Crippen LogP contribution in [0.1, 0.15) is 35.0 Å². The number of aromatic carboxylic acids is 1. The lowest BCUT2D eigenvalue weighted by molar-refractivity contribution is 0.0701. The zero-order valence-electron chi connectivity index (χ0n) is 12.9. The molecule has 0 bridgehead atoms. The monoisotopic (exact) mass is 350 g/mol. The molecular formula is C18H13F3O2S. The number of fused-ring (bicyclic) bond motifs is 1. The van der Waals surface area contributed by atoms with Gasteiger partial charge in [-0.3, -0.25) is 0 Å². The maximum atomic E-state index is 14.2. The van der Waals surface area contributed by atoms with Crippen molar-refractivity contribution in [3.8, 4) is 11.1 Å². The molecule has 24 heavy (non-hydrogen) atoms. The molecule has 0 aliphatic rings. The third-order valence-electron chi connectivity index (χ3n) is 3.81. The van der Waals surface area contributed by atoms with Gasteiger partial charge in [0.1, 0.15) is 10.7 Å². The van der Waals surface area contributed by atoms with Gasteiger partial charge in [-0.15, -0.1) is 11.3 Å². The predicted molar refractivity (Wildman–Crippen MR) is 88.2 cm³/mol. The van der Waals surface area contributed by atoms with Crippen LogP contribution in [0.4, 0.5) is 13.2 Å². The van der Waals surface area contributed by atoms with Crippen molar-refractivity contribution in [3.63, 3.8) is 0 Å². The Kier molecular flexibility index (Phi) is 4.09. The van der Waals surface area contributed by atoms with E-state index >= 15 is 0 Å². The number of hydrogen-bond donors (Lipinski definition) is 1. The first-order chi connectivity index (χ1) is 11.3. The maximum absolute atomic E-state index is 14.2. The largest absolute Gasteiger partial charge is 0.477 e. The van der Waals surface area contributed by atoms with Crippen molar-refractivity contribution in [1.29, 1.82) is 0 Å². The summed E-state index contributed by atoms with van der Waals surface area (Å²) in [7, 11) is 0. The third-order valence-corrected chi connectivity index (χ3v) is 5.05. The highest BCUT2D eigenvalue weighted by Gasteiger charge is 2.23. The standard InChI is InChI=1S/C18H13F3O2S/c1-8(2)14-11-5-3-4-10(16(11)24-17(14)18(22)23)12-6-9(19)7-13(20)15(12)21/h3-8H,1-2H3,(H,22,23). The number of carboxylic acids is 1. The third kappa shape index (κ3) is 2.57. The van der Waals surface area contributed by atoms with Crippen LogP contribution in [0, 0.1) is 17.5 Å². The highest BCUT2D eigenvalue weighted by Crippen LogP contribution is 2.42. The zero-order valence-corrected chi connectivity index (χ0v) is 13.7. The van der Waals surface area contributed by atoms with E-state index in [1.54, 1.807) is 12.1 Å². The molecule has 2 aromatic carbocycles. The Balaban J connectivity index is 2.40. The van der Waals surface area contributed by atoms with Gasteiger partial charge in [0.15, 0.2) is 11.6 Å². The highest BCUT2D eigenvalue weighted by molar-refractivity contribution is 7.21. The number of thiophene rings is 1. The summed E-state index contributed by atoms with van der Waals surface area (Å²) < 4.78 is 41.8. The Morgan fingerprint density at radius 2 is 1.83 bits per heavy atom. The van der Waals surface area contributed by atoms with Crippen molar-refractivity contribution in [1.82, 2.24) is 0 Å². The summed E-state index contributed by atoms with van der Waals surface area (Å²) in [5.41, 5.74) is 0.705. The first kappa shape index (κ1) is 16.5. The second kappa shape index (κ2) is 5.94. The molecule has 2 nitrogen and oxygen atoms in total. The summed E-state index contributed by atoms with van der Waals surface area (Å²) in [5.74, 6) is -4.45. The normalized spacial score (nSPS) is 11.4. The number of carboxylic acid groups (broad SMARTS) is 1. The van der Waals surface area contributed by atoms with Crippen molar-refractivity contribution in [2.45, 2.75) is 19.8 Å². The second-order valence-corrected chi connectivity index (χ2v) is 6.76. The van der Waals surface area contributed by atoms with Crippen molar-refractivity contribution in [3.05, 3.63) is 58.2 Å².